The average molecular weight is 586 g/mol. The number of phenolic OH excluding ortho intramolecular Hbond substituents is 1. The van der Waals surface area contributed by atoms with E-state index >= 15 is 0 Å². The number of aliphatic imine (C=N–C) groups is 1. The Morgan fingerprint density at radius 2 is 1.48 bits per heavy atom. The summed E-state index contributed by atoms with van der Waals surface area (Å²) in [5.41, 5.74) is 4.82. The van der Waals surface area contributed by atoms with E-state index in [-0.39, 0.29) is 11.7 Å². The summed E-state index contributed by atoms with van der Waals surface area (Å²) >= 11 is 8.05. The summed E-state index contributed by atoms with van der Waals surface area (Å²) in [6, 6.07) is 19.6. The zero-order valence-electron chi connectivity index (χ0n) is 18.2. The highest BCUT2D eigenvalue weighted by molar-refractivity contribution is 9.11. The lowest BCUT2D eigenvalue weighted by molar-refractivity contribution is -0.113. The fourth-order valence-corrected chi connectivity index (χ4v) is 5.62. The number of benzene rings is 3. The molecule has 0 atom stereocenters. The normalized spacial score (nSPS) is 16.2. The molecule has 1 aliphatic rings. The third-order valence-corrected chi connectivity index (χ3v) is 7.49. The zero-order valence-corrected chi connectivity index (χ0v) is 22.2. The molecule has 4 nitrogen and oxygen atoms in total. The third kappa shape index (κ3) is 5.26. The molecule has 1 saturated heterocycles. The van der Waals surface area contributed by atoms with Crippen molar-refractivity contribution in [3.05, 3.63) is 91.2 Å². The topological polar surface area (TPSA) is 52.9 Å². The van der Waals surface area contributed by atoms with Crippen LogP contribution in [0, 0.1) is 0 Å². The summed E-state index contributed by atoms with van der Waals surface area (Å²) in [6.45, 7) is 4.22. The maximum Gasteiger partial charge on any atom is 0.271 e. The van der Waals surface area contributed by atoms with Crippen molar-refractivity contribution in [2.45, 2.75) is 26.7 Å². The van der Waals surface area contributed by atoms with Gasteiger partial charge in [0.25, 0.3) is 5.91 Å². The van der Waals surface area contributed by atoms with Gasteiger partial charge in [0.15, 0.2) is 5.17 Å². The number of hydrogen-bond donors (Lipinski definition) is 1. The van der Waals surface area contributed by atoms with Crippen molar-refractivity contribution in [1.82, 2.24) is 0 Å². The van der Waals surface area contributed by atoms with E-state index in [9.17, 15) is 9.90 Å². The van der Waals surface area contributed by atoms with Gasteiger partial charge in [-0.25, -0.2) is 4.99 Å². The maximum atomic E-state index is 13.5. The summed E-state index contributed by atoms with van der Waals surface area (Å²) in [5, 5.41) is 10.6. The number of thioether (sulfide) groups is 1. The van der Waals surface area contributed by atoms with Gasteiger partial charge in [0.2, 0.25) is 0 Å². The van der Waals surface area contributed by atoms with Crippen molar-refractivity contribution in [1.29, 1.82) is 0 Å². The molecule has 0 saturated carbocycles. The summed E-state index contributed by atoms with van der Waals surface area (Å²) in [7, 11) is 0. The second-order valence-corrected chi connectivity index (χ2v) is 10.2. The quantitative estimate of drug-likeness (QED) is 0.310. The molecule has 0 radical (unpaired) electrons. The number of halogens is 2. The van der Waals surface area contributed by atoms with Gasteiger partial charge in [-0.2, -0.15) is 0 Å². The number of phenols is 1. The predicted molar refractivity (Wildman–Crippen MR) is 145 cm³/mol. The first kappa shape index (κ1) is 23.8. The molecule has 1 N–H and O–H groups in total. The molecule has 3 aromatic carbocycles. The lowest BCUT2D eigenvalue weighted by atomic mass is 10.1. The van der Waals surface area contributed by atoms with E-state index in [2.05, 4.69) is 57.8 Å². The van der Waals surface area contributed by atoms with Crippen molar-refractivity contribution in [3.63, 3.8) is 0 Å². The Morgan fingerprint density at radius 3 is 2.03 bits per heavy atom. The second-order valence-electron chi connectivity index (χ2n) is 7.52. The van der Waals surface area contributed by atoms with Gasteiger partial charge in [-0.15, -0.1) is 0 Å². The van der Waals surface area contributed by atoms with E-state index in [0.29, 0.717) is 19.0 Å². The van der Waals surface area contributed by atoms with Gasteiger partial charge in [-0.3, -0.25) is 9.69 Å². The predicted octanol–water partition coefficient (Wildman–Crippen LogP) is 7.85. The number of hydrogen-bond acceptors (Lipinski definition) is 4. The van der Waals surface area contributed by atoms with Crippen LogP contribution in [0.25, 0.3) is 6.08 Å². The Balaban J connectivity index is 1.76. The fraction of sp³-hybridized carbons (Fsp3) is 0.154. The number of amides is 1. The molecule has 0 unspecified atom stereocenters. The molecule has 3 aromatic rings. The molecule has 0 spiro atoms. The molecule has 0 bridgehead atoms. The van der Waals surface area contributed by atoms with Crippen LogP contribution in [0.4, 0.5) is 11.4 Å². The molecule has 0 aliphatic carbocycles. The van der Waals surface area contributed by atoms with Crippen LogP contribution in [0.5, 0.6) is 5.75 Å². The molecule has 33 heavy (non-hydrogen) atoms. The summed E-state index contributed by atoms with van der Waals surface area (Å²) in [5.74, 6) is -0.00790. The van der Waals surface area contributed by atoms with Crippen molar-refractivity contribution in [2.75, 3.05) is 4.90 Å². The van der Waals surface area contributed by atoms with Gasteiger partial charge in [0.1, 0.15) is 5.75 Å². The van der Waals surface area contributed by atoms with Crippen molar-refractivity contribution >= 4 is 72.1 Å². The average Bonchev–Trinajstić information content (AvgIpc) is 3.12. The van der Waals surface area contributed by atoms with Crippen LogP contribution in [0.2, 0.25) is 0 Å². The highest BCUT2D eigenvalue weighted by Crippen LogP contribution is 2.39. The Morgan fingerprint density at radius 1 is 0.939 bits per heavy atom. The Hall–Kier alpha value is -2.35. The Labute approximate surface area is 214 Å². The van der Waals surface area contributed by atoms with E-state index in [4.69, 9.17) is 4.99 Å². The number of rotatable bonds is 5. The largest absolute Gasteiger partial charge is 0.506 e. The summed E-state index contributed by atoms with van der Waals surface area (Å²) < 4.78 is 1.10. The van der Waals surface area contributed by atoms with Crippen molar-refractivity contribution in [2.24, 2.45) is 4.99 Å². The molecule has 0 aromatic heterocycles. The lowest BCUT2D eigenvalue weighted by Crippen LogP contribution is -2.28. The molecule has 4 rings (SSSR count). The van der Waals surface area contributed by atoms with E-state index < -0.39 is 0 Å². The fourth-order valence-electron chi connectivity index (χ4n) is 3.39. The highest BCUT2D eigenvalue weighted by Gasteiger charge is 2.34. The number of aromatic hydroxyl groups is 1. The SMILES string of the molecule is CCc1ccc(N=C2S/C(=C\c3cc(Br)c(O)c(Br)c3)C(=O)N2c2ccc(CC)cc2)cc1. The maximum absolute atomic E-state index is 13.5. The van der Waals surface area contributed by atoms with Crippen LogP contribution in [-0.4, -0.2) is 16.2 Å². The first-order valence-corrected chi connectivity index (χ1v) is 13.0. The molecule has 1 amide bonds. The molecule has 1 heterocycles. The van der Waals surface area contributed by atoms with Gasteiger partial charge in [-0.1, -0.05) is 38.1 Å². The summed E-state index contributed by atoms with van der Waals surface area (Å²) in [4.78, 5) is 20.5. The van der Waals surface area contributed by atoms with Gasteiger partial charge < -0.3 is 5.11 Å². The number of aryl methyl sites for hydroxylation is 2. The lowest BCUT2D eigenvalue weighted by Gasteiger charge is -2.16. The molecule has 168 valence electrons. The van der Waals surface area contributed by atoms with E-state index in [1.807, 2.05) is 42.5 Å². The zero-order chi connectivity index (χ0) is 23.5. The number of carbonyl (C=O) groups is 1. The first-order chi connectivity index (χ1) is 15.9. The standard InChI is InChI=1S/C26H22Br2N2O2S/c1-3-16-5-9-19(10-6-16)29-26-30(20-11-7-17(4-2)8-12-20)25(32)23(33-26)15-18-13-21(27)24(31)22(28)14-18/h5-15,31H,3-4H2,1-2H3/b23-15-,29-26?. The van der Waals surface area contributed by atoms with Crippen LogP contribution in [0.3, 0.4) is 0 Å². The minimum Gasteiger partial charge on any atom is -0.506 e. The van der Waals surface area contributed by atoms with E-state index in [0.717, 1.165) is 29.8 Å². The molecule has 1 fully saturated rings. The Kier molecular flexibility index (Phi) is 7.41. The van der Waals surface area contributed by atoms with Crippen molar-refractivity contribution in [3.8, 4) is 5.75 Å². The van der Waals surface area contributed by atoms with Gasteiger partial charge in [-0.05, 0) is 116 Å². The smallest absolute Gasteiger partial charge is 0.271 e. The van der Waals surface area contributed by atoms with Crippen LogP contribution < -0.4 is 4.90 Å². The van der Waals surface area contributed by atoms with E-state index in [1.165, 1.54) is 22.9 Å². The van der Waals surface area contributed by atoms with Crippen LogP contribution in [0.15, 0.2) is 79.5 Å². The highest BCUT2D eigenvalue weighted by atomic mass is 79.9. The molecular weight excluding hydrogens is 564 g/mol. The van der Waals surface area contributed by atoms with Crippen LogP contribution in [-0.2, 0) is 17.6 Å². The van der Waals surface area contributed by atoms with E-state index in [1.54, 1.807) is 17.0 Å². The van der Waals surface area contributed by atoms with Gasteiger partial charge in [0.05, 0.1) is 25.2 Å². The third-order valence-electron chi connectivity index (χ3n) is 5.32. The Bertz CT molecular complexity index is 1230. The van der Waals surface area contributed by atoms with Gasteiger partial charge in [0, 0.05) is 0 Å². The molecule has 1 aliphatic heterocycles. The molecule has 7 heteroatoms. The monoisotopic (exact) mass is 584 g/mol. The minimum absolute atomic E-state index is 0.123. The molecular formula is C26H22Br2N2O2S. The first-order valence-electron chi connectivity index (χ1n) is 10.6. The number of carbonyl (C=O) groups excluding carboxylic acids is 1. The number of anilines is 1. The summed E-state index contributed by atoms with van der Waals surface area (Å²) in [6.07, 6.45) is 3.71. The van der Waals surface area contributed by atoms with Gasteiger partial charge >= 0.3 is 0 Å². The van der Waals surface area contributed by atoms with Crippen LogP contribution >= 0.6 is 43.6 Å². The number of nitrogens with zero attached hydrogens (tertiary/aromatic N) is 2. The van der Waals surface area contributed by atoms with Crippen LogP contribution in [0.1, 0.15) is 30.5 Å². The minimum atomic E-state index is -0.131. The second kappa shape index (κ2) is 10.3. The number of amidine groups is 1. The van der Waals surface area contributed by atoms with Crippen molar-refractivity contribution < 1.29 is 9.90 Å².